The van der Waals surface area contributed by atoms with Crippen LogP contribution in [0.2, 0.25) is 0 Å². The Morgan fingerprint density at radius 2 is 2.17 bits per heavy atom. The SMILES string of the molecule is Cc1c(C(=O)NC2CC2)sc2ncnc(Nc3ccc(F)cc3OC3CCOC3)c12. The molecule has 3 aromatic rings. The predicted molar refractivity (Wildman–Crippen MR) is 112 cm³/mol. The standard InChI is InChI=1S/C21H21FN4O3S/c1-11-17-19(23-10-24-21(17)30-18(11)20(27)25-13-3-4-13)26-15-5-2-12(22)8-16(15)29-14-6-7-28-9-14/h2,5,8,10,13-14H,3-4,6-7,9H2,1H3,(H,25,27)(H,23,24,26). The minimum Gasteiger partial charge on any atom is -0.486 e. The molecule has 30 heavy (non-hydrogen) atoms. The fraction of sp³-hybridized carbons (Fsp3) is 0.381. The quantitative estimate of drug-likeness (QED) is 0.619. The van der Waals surface area contributed by atoms with Crippen molar-refractivity contribution in [2.75, 3.05) is 18.5 Å². The smallest absolute Gasteiger partial charge is 0.261 e. The van der Waals surface area contributed by atoms with Gasteiger partial charge in [-0.2, -0.15) is 0 Å². The highest BCUT2D eigenvalue weighted by Crippen LogP contribution is 2.37. The zero-order chi connectivity index (χ0) is 20.7. The number of amides is 1. The summed E-state index contributed by atoms with van der Waals surface area (Å²) in [6.07, 6.45) is 4.16. The molecular weight excluding hydrogens is 407 g/mol. The molecule has 0 spiro atoms. The summed E-state index contributed by atoms with van der Waals surface area (Å²) in [4.78, 5) is 22.7. The lowest BCUT2D eigenvalue weighted by atomic mass is 10.2. The molecule has 2 fully saturated rings. The number of rotatable bonds is 6. The van der Waals surface area contributed by atoms with E-state index >= 15 is 0 Å². The van der Waals surface area contributed by atoms with Crippen molar-refractivity contribution < 1.29 is 18.7 Å². The first kappa shape index (κ1) is 19.2. The molecule has 5 rings (SSSR count). The van der Waals surface area contributed by atoms with E-state index < -0.39 is 0 Å². The first-order valence-electron chi connectivity index (χ1n) is 9.94. The molecule has 9 heteroatoms. The van der Waals surface area contributed by atoms with Crippen molar-refractivity contribution in [2.45, 2.75) is 38.3 Å². The van der Waals surface area contributed by atoms with E-state index in [1.165, 1.54) is 29.8 Å². The van der Waals surface area contributed by atoms with Gasteiger partial charge >= 0.3 is 0 Å². The molecule has 1 aliphatic carbocycles. The number of aryl methyl sites for hydroxylation is 1. The minimum atomic E-state index is -0.381. The Hall–Kier alpha value is -2.78. The molecule has 1 saturated carbocycles. The molecule has 2 N–H and O–H groups in total. The second-order valence-electron chi connectivity index (χ2n) is 7.58. The maximum Gasteiger partial charge on any atom is 0.261 e. The molecule has 0 bridgehead atoms. The molecule has 1 saturated heterocycles. The number of halogens is 1. The van der Waals surface area contributed by atoms with Crippen LogP contribution in [-0.4, -0.2) is 41.2 Å². The van der Waals surface area contributed by atoms with Gasteiger partial charge in [-0.25, -0.2) is 14.4 Å². The lowest BCUT2D eigenvalue weighted by molar-refractivity contribution is 0.0954. The van der Waals surface area contributed by atoms with Gasteiger partial charge in [-0.05, 0) is 37.5 Å². The summed E-state index contributed by atoms with van der Waals surface area (Å²) in [5.74, 6) is 0.499. The maximum atomic E-state index is 13.9. The van der Waals surface area contributed by atoms with Crippen molar-refractivity contribution in [3.63, 3.8) is 0 Å². The number of aromatic nitrogens is 2. The van der Waals surface area contributed by atoms with Crippen molar-refractivity contribution in [2.24, 2.45) is 0 Å². The Morgan fingerprint density at radius 3 is 2.93 bits per heavy atom. The summed E-state index contributed by atoms with van der Waals surface area (Å²) >= 11 is 1.35. The van der Waals surface area contributed by atoms with Gasteiger partial charge in [-0.1, -0.05) is 0 Å². The number of nitrogens with zero attached hydrogens (tertiary/aromatic N) is 2. The van der Waals surface area contributed by atoms with Gasteiger partial charge in [0.15, 0.2) is 0 Å². The van der Waals surface area contributed by atoms with Gasteiger partial charge in [0.25, 0.3) is 5.91 Å². The Kier molecular flexibility index (Phi) is 5.00. The van der Waals surface area contributed by atoms with E-state index in [2.05, 4.69) is 20.6 Å². The van der Waals surface area contributed by atoms with Crippen molar-refractivity contribution in [3.05, 3.63) is 40.8 Å². The highest BCUT2D eigenvalue weighted by molar-refractivity contribution is 7.20. The number of carbonyl (C=O) groups excluding carboxylic acids is 1. The Labute approximate surface area is 176 Å². The second-order valence-corrected chi connectivity index (χ2v) is 8.57. The van der Waals surface area contributed by atoms with Crippen molar-refractivity contribution in [1.82, 2.24) is 15.3 Å². The lowest BCUT2D eigenvalue weighted by Crippen LogP contribution is -2.24. The summed E-state index contributed by atoms with van der Waals surface area (Å²) in [6.45, 7) is 3.01. The van der Waals surface area contributed by atoms with Crippen LogP contribution in [0.1, 0.15) is 34.5 Å². The fourth-order valence-corrected chi connectivity index (χ4v) is 4.52. The van der Waals surface area contributed by atoms with Gasteiger partial charge in [0.1, 0.15) is 34.6 Å². The summed E-state index contributed by atoms with van der Waals surface area (Å²) in [5.41, 5.74) is 1.42. The van der Waals surface area contributed by atoms with Gasteiger partial charge in [0.2, 0.25) is 0 Å². The lowest BCUT2D eigenvalue weighted by Gasteiger charge is -2.17. The van der Waals surface area contributed by atoms with E-state index in [9.17, 15) is 9.18 Å². The van der Waals surface area contributed by atoms with Crippen LogP contribution in [0.5, 0.6) is 5.75 Å². The Balaban J connectivity index is 1.48. The van der Waals surface area contributed by atoms with Gasteiger partial charge in [-0.3, -0.25) is 4.79 Å². The number of carbonyl (C=O) groups is 1. The number of benzene rings is 1. The molecule has 2 aromatic heterocycles. The monoisotopic (exact) mass is 428 g/mol. The maximum absolute atomic E-state index is 13.9. The van der Waals surface area contributed by atoms with E-state index in [1.807, 2.05) is 6.92 Å². The summed E-state index contributed by atoms with van der Waals surface area (Å²) < 4.78 is 25.2. The number of hydrogen-bond acceptors (Lipinski definition) is 7. The first-order valence-corrected chi connectivity index (χ1v) is 10.8. The van der Waals surface area contributed by atoms with E-state index in [1.54, 1.807) is 6.07 Å². The minimum absolute atomic E-state index is 0.0732. The molecule has 156 valence electrons. The summed E-state index contributed by atoms with van der Waals surface area (Å²) in [6, 6.07) is 4.63. The normalized spacial score (nSPS) is 18.5. The number of fused-ring (bicyclic) bond motifs is 1. The van der Waals surface area contributed by atoms with Crippen LogP contribution in [0.4, 0.5) is 15.9 Å². The first-order chi connectivity index (χ1) is 14.6. The van der Waals surface area contributed by atoms with E-state index in [4.69, 9.17) is 9.47 Å². The summed E-state index contributed by atoms with van der Waals surface area (Å²) in [7, 11) is 0. The van der Waals surface area contributed by atoms with E-state index in [0.717, 1.165) is 35.0 Å². The van der Waals surface area contributed by atoms with Gasteiger partial charge < -0.3 is 20.1 Å². The van der Waals surface area contributed by atoms with Gasteiger partial charge in [0.05, 0.1) is 29.2 Å². The zero-order valence-corrected chi connectivity index (χ0v) is 17.2. The van der Waals surface area contributed by atoms with Crippen LogP contribution in [0.25, 0.3) is 10.2 Å². The van der Waals surface area contributed by atoms with Crippen LogP contribution >= 0.6 is 11.3 Å². The zero-order valence-electron chi connectivity index (χ0n) is 16.4. The highest BCUT2D eigenvalue weighted by Gasteiger charge is 2.27. The predicted octanol–water partition coefficient (Wildman–Crippen LogP) is 3.94. The molecule has 1 aliphatic heterocycles. The number of nitrogens with one attached hydrogen (secondary N) is 2. The van der Waals surface area contributed by atoms with Gasteiger partial charge in [-0.15, -0.1) is 11.3 Å². The molecule has 7 nitrogen and oxygen atoms in total. The average molecular weight is 428 g/mol. The van der Waals surface area contributed by atoms with Gasteiger partial charge in [0, 0.05) is 18.5 Å². The largest absolute Gasteiger partial charge is 0.486 e. The number of ether oxygens (including phenoxy) is 2. The molecule has 1 amide bonds. The van der Waals surface area contributed by atoms with E-state index in [-0.39, 0.29) is 23.9 Å². The van der Waals surface area contributed by atoms with E-state index in [0.29, 0.717) is 35.3 Å². The Morgan fingerprint density at radius 1 is 1.30 bits per heavy atom. The molecule has 2 aliphatic rings. The van der Waals surface area contributed by atoms with Crippen LogP contribution in [0.3, 0.4) is 0 Å². The summed E-state index contributed by atoms with van der Waals surface area (Å²) in [5, 5.41) is 7.06. The van der Waals surface area contributed by atoms with Crippen LogP contribution in [0.15, 0.2) is 24.5 Å². The fourth-order valence-electron chi connectivity index (χ4n) is 3.47. The topological polar surface area (TPSA) is 85.4 Å². The number of hydrogen-bond donors (Lipinski definition) is 2. The molecule has 1 unspecified atom stereocenters. The highest BCUT2D eigenvalue weighted by atomic mass is 32.1. The number of anilines is 2. The van der Waals surface area contributed by atoms with Crippen molar-refractivity contribution in [3.8, 4) is 5.75 Å². The molecular formula is C21H21FN4O3S. The Bertz CT molecular complexity index is 1110. The van der Waals surface area contributed by atoms with Crippen LogP contribution in [0, 0.1) is 12.7 Å². The van der Waals surface area contributed by atoms with Crippen LogP contribution < -0.4 is 15.4 Å². The molecule has 0 radical (unpaired) electrons. The average Bonchev–Trinajstić information content (AvgIpc) is 3.25. The third kappa shape index (κ3) is 3.82. The van der Waals surface area contributed by atoms with Crippen LogP contribution in [-0.2, 0) is 4.74 Å². The molecule has 3 heterocycles. The van der Waals surface area contributed by atoms with Crippen molar-refractivity contribution in [1.29, 1.82) is 0 Å². The number of thiophene rings is 1. The molecule has 1 aromatic carbocycles. The third-order valence-corrected chi connectivity index (χ3v) is 6.42. The van der Waals surface area contributed by atoms with Crippen molar-refractivity contribution >= 4 is 39.0 Å². The second kappa shape index (κ2) is 7.81. The third-order valence-electron chi connectivity index (χ3n) is 5.22. The molecule has 1 atom stereocenters.